The van der Waals surface area contributed by atoms with Gasteiger partial charge >= 0.3 is 0 Å². The first-order valence-corrected chi connectivity index (χ1v) is 7.51. The summed E-state index contributed by atoms with van der Waals surface area (Å²) >= 11 is 0. The highest BCUT2D eigenvalue weighted by Gasteiger charge is 2.39. The molecule has 1 heterocycles. The van der Waals surface area contributed by atoms with Crippen molar-refractivity contribution >= 4 is 18.2 Å². The molecule has 2 N–H and O–H groups in total. The van der Waals surface area contributed by atoms with Crippen LogP contribution in [-0.2, 0) is 13.3 Å². The van der Waals surface area contributed by atoms with Crippen molar-refractivity contribution < 1.29 is 22.4 Å². The van der Waals surface area contributed by atoms with Crippen molar-refractivity contribution in [3.63, 3.8) is 0 Å². The number of rotatable bonds is 2. The lowest BCUT2D eigenvalue weighted by Crippen LogP contribution is -2.14. The van der Waals surface area contributed by atoms with Crippen LogP contribution in [0.15, 0.2) is 0 Å². The van der Waals surface area contributed by atoms with Crippen molar-refractivity contribution in [3.8, 4) is 0 Å². The van der Waals surface area contributed by atoms with Crippen LogP contribution in [0.5, 0.6) is 0 Å². The maximum Gasteiger partial charge on any atom is 0.198 e. The second-order valence-corrected chi connectivity index (χ2v) is 7.49. The lowest BCUT2D eigenvalue weighted by Gasteiger charge is -2.27. The van der Waals surface area contributed by atoms with E-state index >= 15 is 0 Å². The minimum absolute atomic E-state index is 0.243. The van der Waals surface area contributed by atoms with E-state index in [4.69, 9.17) is 4.52 Å². The molecule has 1 aliphatic heterocycles. The summed E-state index contributed by atoms with van der Waals surface area (Å²) in [5.74, 6) is 0. The van der Waals surface area contributed by atoms with E-state index in [1.54, 1.807) is 0 Å². The molecule has 0 radical (unpaired) electrons. The van der Waals surface area contributed by atoms with E-state index in [1.807, 2.05) is 0 Å². The molecule has 1 aliphatic rings. The van der Waals surface area contributed by atoms with Gasteiger partial charge in [-0.1, -0.05) is 0 Å². The Morgan fingerprint density at radius 1 is 1.58 bits per heavy atom. The van der Waals surface area contributed by atoms with Crippen LogP contribution in [0.2, 0.25) is 0 Å². The zero-order valence-electron chi connectivity index (χ0n) is 6.97. The van der Waals surface area contributed by atoms with Gasteiger partial charge in [0.1, 0.15) is 10.9 Å². The SMILES string of the molecule is CP(C)(=O)OC1CCOS1(O)O. The Hall–Kier alpha value is 0.420. The van der Waals surface area contributed by atoms with Crippen molar-refractivity contribution in [2.45, 2.75) is 11.9 Å². The van der Waals surface area contributed by atoms with Crippen molar-refractivity contribution in [3.05, 3.63) is 0 Å². The van der Waals surface area contributed by atoms with E-state index < -0.39 is 23.7 Å². The first kappa shape index (κ1) is 10.5. The third-order valence-electron chi connectivity index (χ3n) is 1.32. The van der Waals surface area contributed by atoms with E-state index in [-0.39, 0.29) is 6.61 Å². The largest absolute Gasteiger partial charge is 0.309 e. The molecule has 1 atom stereocenters. The van der Waals surface area contributed by atoms with E-state index in [9.17, 15) is 13.7 Å². The summed E-state index contributed by atoms with van der Waals surface area (Å²) in [6, 6.07) is 0. The third kappa shape index (κ3) is 2.73. The third-order valence-corrected chi connectivity index (χ3v) is 3.76. The molecule has 74 valence electrons. The molecular weight excluding hydrogens is 203 g/mol. The van der Waals surface area contributed by atoms with Gasteiger partial charge in [-0.25, -0.2) is 0 Å². The normalized spacial score (nSPS) is 31.8. The van der Waals surface area contributed by atoms with Crippen molar-refractivity contribution in [2.24, 2.45) is 0 Å². The summed E-state index contributed by atoms with van der Waals surface area (Å²) in [6.07, 6.45) is 0.383. The molecule has 1 saturated heterocycles. The number of hydrogen-bond donors (Lipinski definition) is 2. The fraction of sp³-hybridized carbons (Fsp3) is 1.00. The molecule has 0 bridgehead atoms. The molecule has 0 saturated carbocycles. The van der Waals surface area contributed by atoms with Crippen LogP contribution in [0.3, 0.4) is 0 Å². The van der Waals surface area contributed by atoms with Gasteiger partial charge in [0.2, 0.25) is 0 Å². The molecule has 0 aromatic heterocycles. The van der Waals surface area contributed by atoms with E-state index in [2.05, 4.69) is 4.18 Å². The molecule has 12 heavy (non-hydrogen) atoms. The quantitative estimate of drug-likeness (QED) is 0.690. The average molecular weight is 216 g/mol. The Bertz CT molecular complexity index is 212. The Morgan fingerprint density at radius 2 is 2.17 bits per heavy atom. The van der Waals surface area contributed by atoms with Crippen LogP contribution in [0, 0.1) is 0 Å². The van der Waals surface area contributed by atoms with Crippen LogP contribution in [0.4, 0.5) is 0 Å². The van der Waals surface area contributed by atoms with Gasteiger partial charge in [-0.05, 0) is 0 Å². The summed E-state index contributed by atoms with van der Waals surface area (Å²) in [4.78, 5) is 0. The molecule has 0 aliphatic carbocycles. The summed E-state index contributed by atoms with van der Waals surface area (Å²) in [5.41, 5.74) is -0.821. The van der Waals surface area contributed by atoms with Gasteiger partial charge in [-0.2, -0.15) is 0 Å². The molecule has 0 aromatic carbocycles. The molecular formula is C5H13O5PS. The van der Waals surface area contributed by atoms with Crippen LogP contribution >= 0.6 is 18.2 Å². The van der Waals surface area contributed by atoms with Gasteiger partial charge in [0.25, 0.3) is 0 Å². The smallest absolute Gasteiger partial charge is 0.198 e. The standard InChI is InChI=1S/C5H13O5PS/c1-11(2,6)10-5-3-4-9-12(5,7)8/h5,7-8H,3-4H2,1-2H3. The molecule has 5 nitrogen and oxygen atoms in total. The van der Waals surface area contributed by atoms with Crippen molar-refractivity contribution in [2.75, 3.05) is 19.9 Å². The molecule has 1 rings (SSSR count). The molecule has 0 spiro atoms. The van der Waals surface area contributed by atoms with Crippen LogP contribution in [-0.4, -0.2) is 34.5 Å². The average Bonchev–Trinajstić information content (AvgIpc) is 2.07. The van der Waals surface area contributed by atoms with E-state index in [1.165, 1.54) is 13.3 Å². The lowest BCUT2D eigenvalue weighted by molar-refractivity contribution is 0.260. The zero-order chi connectivity index (χ0) is 9.41. The first-order valence-electron chi connectivity index (χ1n) is 3.46. The minimum Gasteiger partial charge on any atom is -0.309 e. The maximum absolute atomic E-state index is 11.2. The fourth-order valence-corrected chi connectivity index (χ4v) is 3.53. The summed E-state index contributed by atoms with van der Waals surface area (Å²) in [6.45, 7) is 3.11. The summed E-state index contributed by atoms with van der Waals surface area (Å²) < 4.78 is 39.2. The highest BCUT2D eigenvalue weighted by molar-refractivity contribution is 8.20. The van der Waals surface area contributed by atoms with Gasteiger partial charge in [0, 0.05) is 19.8 Å². The van der Waals surface area contributed by atoms with Gasteiger partial charge in [0.05, 0.1) is 6.61 Å². The lowest BCUT2D eigenvalue weighted by atomic mass is 10.5. The molecule has 0 aromatic rings. The molecule has 7 heteroatoms. The highest BCUT2D eigenvalue weighted by Crippen LogP contribution is 2.57. The number of hydrogen-bond acceptors (Lipinski definition) is 5. The molecule has 0 amide bonds. The summed E-state index contributed by atoms with van der Waals surface area (Å²) in [5, 5.41) is 0. The Morgan fingerprint density at radius 3 is 2.50 bits per heavy atom. The summed E-state index contributed by atoms with van der Waals surface area (Å²) in [7, 11) is -5.79. The van der Waals surface area contributed by atoms with Gasteiger partial charge < -0.3 is 13.6 Å². The second-order valence-electron chi connectivity index (χ2n) is 2.94. The van der Waals surface area contributed by atoms with Crippen molar-refractivity contribution in [1.82, 2.24) is 0 Å². The zero-order valence-corrected chi connectivity index (χ0v) is 8.68. The second kappa shape index (κ2) is 3.29. The minimum atomic E-state index is -3.11. The van der Waals surface area contributed by atoms with Crippen LogP contribution in [0.25, 0.3) is 0 Å². The van der Waals surface area contributed by atoms with Crippen molar-refractivity contribution in [1.29, 1.82) is 0 Å². The predicted octanol–water partition coefficient (Wildman–Crippen LogP) is 1.95. The van der Waals surface area contributed by atoms with Crippen LogP contribution < -0.4 is 0 Å². The van der Waals surface area contributed by atoms with Gasteiger partial charge in [-0.15, -0.1) is 0 Å². The highest BCUT2D eigenvalue weighted by atomic mass is 32.3. The van der Waals surface area contributed by atoms with Crippen LogP contribution in [0.1, 0.15) is 6.42 Å². The molecule has 1 unspecified atom stereocenters. The van der Waals surface area contributed by atoms with Gasteiger partial charge in [-0.3, -0.25) is 8.75 Å². The fourth-order valence-electron chi connectivity index (χ4n) is 0.888. The Labute approximate surface area is 73.1 Å². The molecule has 1 fully saturated rings. The Balaban J connectivity index is 2.59. The van der Waals surface area contributed by atoms with E-state index in [0.717, 1.165) is 0 Å². The van der Waals surface area contributed by atoms with E-state index in [0.29, 0.717) is 6.42 Å². The maximum atomic E-state index is 11.2. The van der Waals surface area contributed by atoms with Gasteiger partial charge in [0.15, 0.2) is 12.8 Å². The predicted molar refractivity (Wildman–Crippen MR) is 47.7 cm³/mol. The monoisotopic (exact) mass is 216 g/mol. The first-order chi connectivity index (χ1) is 5.31. The topological polar surface area (TPSA) is 76.0 Å². The Kier molecular flexibility index (Phi) is 2.88.